The zero-order valence-corrected chi connectivity index (χ0v) is 9.66. The minimum Gasteiger partial charge on any atom is -0.463 e. The molecule has 3 nitrogen and oxygen atoms in total. The van der Waals surface area contributed by atoms with E-state index < -0.39 is 0 Å². The van der Waals surface area contributed by atoms with E-state index in [9.17, 15) is 9.59 Å². The van der Waals surface area contributed by atoms with Crippen LogP contribution in [-0.4, -0.2) is 17.9 Å². The van der Waals surface area contributed by atoms with Crippen LogP contribution in [0.25, 0.3) is 0 Å². The van der Waals surface area contributed by atoms with Crippen LogP contribution in [0.2, 0.25) is 0 Å². The lowest BCUT2D eigenvalue weighted by Gasteiger charge is -2.18. The van der Waals surface area contributed by atoms with Gasteiger partial charge in [0, 0.05) is 12.3 Å². The van der Waals surface area contributed by atoms with Crippen LogP contribution in [0, 0.1) is 11.8 Å². The largest absolute Gasteiger partial charge is 0.463 e. The number of esters is 1. The molecule has 2 atom stereocenters. The van der Waals surface area contributed by atoms with Gasteiger partial charge < -0.3 is 4.74 Å². The van der Waals surface area contributed by atoms with Crippen molar-refractivity contribution in [2.24, 2.45) is 11.8 Å². The molecule has 0 aliphatic carbocycles. The molecule has 0 rings (SSSR count). The van der Waals surface area contributed by atoms with Gasteiger partial charge in [-0.25, -0.2) is 0 Å². The summed E-state index contributed by atoms with van der Waals surface area (Å²) in [5.74, 6) is -0.761. The summed E-state index contributed by atoms with van der Waals surface area (Å²) in [5, 5.41) is 0. The van der Waals surface area contributed by atoms with Crippen molar-refractivity contribution in [1.29, 1.82) is 0 Å². The summed E-state index contributed by atoms with van der Waals surface area (Å²) in [4.78, 5) is 22.8. The second kappa shape index (κ2) is 5.78. The lowest BCUT2D eigenvalue weighted by Crippen LogP contribution is -2.28. The molecule has 0 saturated carbocycles. The Balaban J connectivity index is 4.24. The molecule has 82 valence electrons. The molecule has 0 heterocycles. The molecule has 0 spiro atoms. The first-order chi connectivity index (χ1) is 6.40. The fourth-order valence-electron chi connectivity index (χ4n) is 1.14. The van der Waals surface area contributed by atoms with Gasteiger partial charge in [0.2, 0.25) is 0 Å². The molecule has 0 aliphatic rings. The first-order valence-corrected chi connectivity index (χ1v) is 5.13. The van der Waals surface area contributed by atoms with Crippen molar-refractivity contribution in [3.8, 4) is 0 Å². The molecule has 3 heteroatoms. The van der Waals surface area contributed by atoms with Crippen LogP contribution in [0.15, 0.2) is 0 Å². The first kappa shape index (κ1) is 13.1. The summed E-state index contributed by atoms with van der Waals surface area (Å²) >= 11 is 0. The van der Waals surface area contributed by atoms with Crippen LogP contribution in [-0.2, 0) is 14.3 Å². The number of Topliss-reactive ketones (excluding diaryl/α,β-unsaturated/α-hetero) is 1. The van der Waals surface area contributed by atoms with Crippen LogP contribution < -0.4 is 0 Å². The number of carbonyl (C=O) groups is 2. The highest BCUT2D eigenvalue weighted by Gasteiger charge is 2.26. The number of hydrogen-bond acceptors (Lipinski definition) is 3. The fraction of sp³-hybridized carbons (Fsp3) is 0.818. The third kappa shape index (κ3) is 3.90. The van der Waals surface area contributed by atoms with E-state index in [0.717, 1.165) is 0 Å². The van der Waals surface area contributed by atoms with Crippen molar-refractivity contribution in [2.75, 3.05) is 0 Å². The van der Waals surface area contributed by atoms with E-state index in [1.54, 1.807) is 34.6 Å². The van der Waals surface area contributed by atoms with Crippen LogP contribution in [0.4, 0.5) is 0 Å². The van der Waals surface area contributed by atoms with Crippen LogP contribution in [0.1, 0.15) is 41.0 Å². The minimum atomic E-state index is -0.343. The Kier molecular flexibility index (Phi) is 5.43. The Morgan fingerprint density at radius 3 is 1.93 bits per heavy atom. The average Bonchev–Trinajstić information content (AvgIpc) is 2.13. The smallest absolute Gasteiger partial charge is 0.309 e. The Morgan fingerprint density at radius 1 is 1.07 bits per heavy atom. The van der Waals surface area contributed by atoms with Gasteiger partial charge in [0.25, 0.3) is 0 Å². The van der Waals surface area contributed by atoms with Crippen molar-refractivity contribution in [2.45, 2.75) is 47.1 Å². The summed E-state index contributed by atoms with van der Waals surface area (Å²) in [7, 11) is 0. The molecule has 0 aromatic rings. The number of carbonyl (C=O) groups excluding carboxylic acids is 2. The molecule has 14 heavy (non-hydrogen) atoms. The molecule has 0 aromatic carbocycles. The van der Waals surface area contributed by atoms with E-state index in [-0.39, 0.29) is 29.7 Å². The second-order valence-corrected chi connectivity index (χ2v) is 3.88. The highest BCUT2D eigenvalue weighted by atomic mass is 16.5. The van der Waals surface area contributed by atoms with E-state index in [0.29, 0.717) is 6.42 Å². The molecule has 0 fully saturated rings. The van der Waals surface area contributed by atoms with Gasteiger partial charge >= 0.3 is 5.97 Å². The van der Waals surface area contributed by atoms with Crippen LogP contribution in [0.3, 0.4) is 0 Å². The van der Waals surface area contributed by atoms with Crippen LogP contribution >= 0.6 is 0 Å². The lowest BCUT2D eigenvalue weighted by molar-refractivity contribution is -0.155. The topological polar surface area (TPSA) is 43.4 Å². The molecule has 0 amide bonds. The van der Waals surface area contributed by atoms with E-state index in [2.05, 4.69) is 0 Å². The Labute approximate surface area is 85.8 Å². The fourth-order valence-corrected chi connectivity index (χ4v) is 1.14. The van der Waals surface area contributed by atoms with Gasteiger partial charge in [-0.2, -0.15) is 0 Å². The van der Waals surface area contributed by atoms with Crippen molar-refractivity contribution in [1.82, 2.24) is 0 Å². The van der Waals surface area contributed by atoms with E-state index >= 15 is 0 Å². The molecule has 0 saturated heterocycles. The van der Waals surface area contributed by atoms with Gasteiger partial charge in [-0.3, -0.25) is 9.59 Å². The maximum atomic E-state index is 11.4. The summed E-state index contributed by atoms with van der Waals surface area (Å²) in [5.41, 5.74) is 0. The Hall–Kier alpha value is -0.860. The molecule has 0 aliphatic heterocycles. The number of ketones is 1. The minimum absolute atomic E-state index is 0.109. The van der Waals surface area contributed by atoms with Gasteiger partial charge in [0.1, 0.15) is 5.78 Å². The molecule has 0 bridgehead atoms. The monoisotopic (exact) mass is 200 g/mol. The Bertz CT molecular complexity index is 209. The third-order valence-corrected chi connectivity index (χ3v) is 2.33. The molecule has 0 aromatic heterocycles. The highest BCUT2D eigenvalue weighted by molar-refractivity contribution is 5.86. The van der Waals surface area contributed by atoms with Crippen molar-refractivity contribution in [3.63, 3.8) is 0 Å². The summed E-state index contributed by atoms with van der Waals surface area (Å²) in [6.07, 6.45) is 0.356. The number of ether oxygens (including phenoxy) is 1. The predicted molar refractivity (Wildman–Crippen MR) is 54.9 cm³/mol. The predicted octanol–water partition coefficient (Wildman–Crippen LogP) is 2.19. The maximum absolute atomic E-state index is 11.4. The first-order valence-electron chi connectivity index (χ1n) is 5.13. The van der Waals surface area contributed by atoms with Gasteiger partial charge in [0.15, 0.2) is 0 Å². The van der Waals surface area contributed by atoms with E-state index in [4.69, 9.17) is 4.74 Å². The van der Waals surface area contributed by atoms with Crippen molar-refractivity contribution in [3.05, 3.63) is 0 Å². The zero-order chi connectivity index (χ0) is 11.3. The van der Waals surface area contributed by atoms with Crippen molar-refractivity contribution >= 4 is 11.8 Å². The van der Waals surface area contributed by atoms with Gasteiger partial charge in [0.05, 0.1) is 12.0 Å². The summed E-state index contributed by atoms with van der Waals surface area (Å²) in [6.45, 7) is 8.92. The quantitative estimate of drug-likeness (QED) is 0.639. The average molecular weight is 200 g/mol. The SMILES string of the molecule is CCC(=O)C(C)C(C)C(=O)OC(C)C. The van der Waals surface area contributed by atoms with Gasteiger partial charge in [-0.05, 0) is 13.8 Å². The highest BCUT2D eigenvalue weighted by Crippen LogP contribution is 2.16. The molecular formula is C11H20O3. The molecule has 0 N–H and O–H groups in total. The summed E-state index contributed by atoms with van der Waals surface area (Å²) in [6, 6.07) is 0. The van der Waals surface area contributed by atoms with E-state index in [1.165, 1.54) is 0 Å². The van der Waals surface area contributed by atoms with E-state index in [1.807, 2.05) is 0 Å². The maximum Gasteiger partial charge on any atom is 0.309 e. The summed E-state index contributed by atoms with van der Waals surface area (Å²) < 4.78 is 5.04. The molecule has 2 unspecified atom stereocenters. The third-order valence-electron chi connectivity index (χ3n) is 2.33. The standard InChI is InChI=1S/C11H20O3/c1-6-10(12)8(4)9(5)11(13)14-7(2)3/h7-9H,6H2,1-5H3. The lowest BCUT2D eigenvalue weighted by atomic mass is 9.91. The zero-order valence-electron chi connectivity index (χ0n) is 9.66. The van der Waals surface area contributed by atoms with Gasteiger partial charge in [-0.1, -0.05) is 20.8 Å². The second-order valence-electron chi connectivity index (χ2n) is 3.88. The Morgan fingerprint density at radius 2 is 1.57 bits per heavy atom. The van der Waals surface area contributed by atoms with Crippen LogP contribution in [0.5, 0.6) is 0 Å². The number of hydrogen-bond donors (Lipinski definition) is 0. The number of rotatable bonds is 5. The van der Waals surface area contributed by atoms with Gasteiger partial charge in [-0.15, -0.1) is 0 Å². The molecule has 0 radical (unpaired) electrons. The molecular weight excluding hydrogens is 180 g/mol. The van der Waals surface area contributed by atoms with Crippen molar-refractivity contribution < 1.29 is 14.3 Å². The normalized spacial score (nSPS) is 15.0.